The first-order valence-corrected chi connectivity index (χ1v) is 10.6. The molecule has 0 aliphatic carbocycles. The Hall–Kier alpha value is -3.86. The van der Waals surface area contributed by atoms with Crippen LogP contribution in [-0.4, -0.2) is 22.9 Å². The van der Waals surface area contributed by atoms with Crippen LogP contribution in [0.2, 0.25) is 0 Å². The van der Waals surface area contributed by atoms with E-state index < -0.39 is 17.7 Å². The van der Waals surface area contributed by atoms with Crippen LogP contribution in [0.1, 0.15) is 36.6 Å². The zero-order valence-corrected chi connectivity index (χ0v) is 18.3. The topological polar surface area (TPSA) is 66.8 Å². The highest BCUT2D eigenvalue weighted by Crippen LogP contribution is 2.43. The van der Waals surface area contributed by atoms with Gasteiger partial charge in [-0.2, -0.15) is 0 Å². The van der Waals surface area contributed by atoms with Crippen LogP contribution in [0.15, 0.2) is 84.4 Å². The first-order chi connectivity index (χ1) is 15.4. The van der Waals surface area contributed by atoms with E-state index in [1.165, 1.54) is 4.90 Å². The summed E-state index contributed by atoms with van der Waals surface area (Å²) in [6, 6.07) is 22.9. The first-order valence-electron chi connectivity index (χ1n) is 10.6. The zero-order chi connectivity index (χ0) is 22.8. The lowest BCUT2D eigenvalue weighted by atomic mass is 9.95. The van der Waals surface area contributed by atoms with Crippen LogP contribution in [0.4, 0.5) is 5.69 Å². The number of nitrogens with zero attached hydrogens (tertiary/aromatic N) is 1. The fourth-order valence-electron chi connectivity index (χ4n) is 4.01. The molecule has 5 nitrogen and oxygen atoms in total. The number of carbonyl (C=O) groups excluding carboxylic acids is 2. The van der Waals surface area contributed by atoms with Gasteiger partial charge in [-0.25, -0.2) is 0 Å². The molecule has 32 heavy (non-hydrogen) atoms. The Kier molecular flexibility index (Phi) is 5.82. The molecule has 0 bridgehead atoms. The number of aryl methyl sites for hydroxylation is 1. The lowest BCUT2D eigenvalue weighted by Gasteiger charge is -2.26. The molecule has 162 valence electrons. The second-order valence-corrected chi connectivity index (χ2v) is 8.06. The maximum absolute atomic E-state index is 13.2. The van der Waals surface area contributed by atoms with Crippen molar-refractivity contribution in [2.24, 2.45) is 0 Å². The number of hydrogen-bond acceptors (Lipinski definition) is 4. The molecular formula is C27H25NO4. The zero-order valence-electron chi connectivity index (χ0n) is 18.3. The average Bonchev–Trinajstić information content (AvgIpc) is 3.04. The standard InChI is InChI=1S/C27H25NO4/c1-17(2)32-21-14-9-13-20(16-21)25(29)23-24(19-11-5-4-6-12-19)28(27(31)26(23)30)22-15-8-7-10-18(22)3/h4-17,24,29H,1-3H3/b25-23-. The minimum absolute atomic E-state index is 0.0386. The Morgan fingerprint density at radius 3 is 2.31 bits per heavy atom. The Balaban J connectivity index is 1.91. The smallest absolute Gasteiger partial charge is 0.300 e. The lowest BCUT2D eigenvalue weighted by molar-refractivity contribution is -0.132. The van der Waals surface area contributed by atoms with Crippen LogP contribution >= 0.6 is 0 Å². The second-order valence-electron chi connectivity index (χ2n) is 8.06. The van der Waals surface area contributed by atoms with E-state index in [-0.39, 0.29) is 17.4 Å². The van der Waals surface area contributed by atoms with Crippen LogP contribution in [0.5, 0.6) is 5.75 Å². The van der Waals surface area contributed by atoms with Crippen LogP contribution in [-0.2, 0) is 9.59 Å². The number of anilines is 1. The van der Waals surface area contributed by atoms with E-state index in [4.69, 9.17) is 4.74 Å². The minimum Gasteiger partial charge on any atom is -0.507 e. The highest BCUT2D eigenvalue weighted by Gasteiger charge is 2.47. The highest BCUT2D eigenvalue weighted by molar-refractivity contribution is 6.51. The van der Waals surface area contributed by atoms with Crippen molar-refractivity contribution in [3.05, 3.63) is 101 Å². The SMILES string of the molecule is Cc1ccccc1N1C(=O)C(=O)/C(=C(\O)c2cccc(OC(C)C)c2)C1c1ccccc1. The van der Waals surface area contributed by atoms with Crippen molar-refractivity contribution in [2.45, 2.75) is 32.9 Å². The fourth-order valence-corrected chi connectivity index (χ4v) is 4.01. The third kappa shape index (κ3) is 3.89. The van der Waals surface area contributed by atoms with Crippen LogP contribution in [0, 0.1) is 6.92 Å². The molecule has 1 unspecified atom stereocenters. The summed E-state index contributed by atoms with van der Waals surface area (Å²) < 4.78 is 5.74. The third-order valence-corrected chi connectivity index (χ3v) is 5.41. The molecule has 5 heteroatoms. The fraction of sp³-hybridized carbons (Fsp3) is 0.185. The van der Waals surface area contributed by atoms with Crippen molar-refractivity contribution >= 4 is 23.1 Å². The van der Waals surface area contributed by atoms with Gasteiger partial charge in [0.2, 0.25) is 0 Å². The number of Topliss-reactive ketones (excluding diaryl/α,β-unsaturated/α-hetero) is 1. The summed E-state index contributed by atoms with van der Waals surface area (Å²) in [6.45, 7) is 5.72. The van der Waals surface area contributed by atoms with Gasteiger partial charge >= 0.3 is 0 Å². The van der Waals surface area contributed by atoms with E-state index in [0.717, 1.165) is 11.1 Å². The molecule has 1 atom stereocenters. The molecule has 3 aromatic carbocycles. The number of aliphatic hydroxyl groups excluding tert-OH is 1. The van der Waals surface area contributed by atoms with Gasteiger partial charge in [0.05, 0.1) is 17.7 Å². The van der Waals surface area contributed by atoms with Crippen molar-refractivity contribution < 1.29 is 19.4 Å². The minimum atomic E-state index is -0.744. The van der Waals surface area contributed by atoms with Crippen molar-refractivity contribution in [1.82, 2.24) is 0 Å². The van der Waals surface area contributed by atoms with E-state index in [2.05, 4.69) is 0 Å². The Labute approximate surface area is 187 Å². The maximum atomic E-state index is 13.2. The van der Waals surface area contributed by atoms with Crippen molar-refractivity contribution in [2.75, 3.05) is 4.90 Å². The van der Waals surface area contributed by atoms with Gasteiger partial charge in [0.1, 0.15) is 11.5 Å². The van der Waals surface area contributed by atoms with Gasteiger partial charge in [-0.05, 0) is 50.1 Å². The molecular weight excluding hydrogens is 402 g/mol. The number of hydrogen-bond donors (Lipinski definition) is 1. The van der Waals surface area contributed by atoms with Crippen LogP contribution in [0.3, 0.4) is 0 Å². The van der Waals surface area contributed by atoms with Gasteiger partial charge in [-0.1, -0.05) is 60.7 Å². The molecule has 0 spiro atoms. The van der Waals surface area contributed by atoms with Gasteiger partial charge in [0, 0.05) is 11.3 Å². The van der Waals surface area contributed by atoms with Gasteiger partial charge in [-0.15, -0.1) is 0 Å². The van der Waals surface area contributed by atoms with E-state index in [9.17, 15) is 14.7 Å². The Morgan fingerprint density at radius 2 is 1.62 bits per heavy atom. The van der Waals surface area contributed by atoms with E-state index in [0.29, 0.717) is 17.0 Å². The molecule has 0 saturated carbocycles. The molecule has 1 fully saturated rings. The number of para-hydroxylation sites is 1. The van der Waals surface area contributed by atoms with Gasteiger partial charge < -0.3 is 9.84 Å². The third-order valence-electron chi connectivity index (χ3n) is 5.41. The quantitative estimate of drug-likeness (QED) is 0.336. The monoisotopic (exact) mass is 427 g/mol. The number of carbonyl (C=O) groups is 2. The van der Waals surface area contributed by atoms with Crippen LogP contribution in [0.25, 0.3) is 5.76 Å². The number of rotatable bonds is 5. The van der Waals surface area contributed by atoms with Gasteiger partial charge in [0.15, 0.2) is 0 Å². The van der Waals surface area contributed by atoms with E-state index in [1.807, 2.05) is 75.4 Å². The summed E-state index contributed by atoms with van der Waals surface area (Å²) in [6.07, 6.45) is -0.0386. The summed E-state index contributed by atoms with van der Waals surface area (Å²) >= 11 is 0. The molecule has 0 radical (unpaired) electrons. The summed E-state index contributed by atoms with van der Waals surface area (Å²) in [5, 5.41) is 11.3. The number of benzene rings is 3. The lowest BCUT2D eigenvalue weighted by Crippen LogP contribution is -2.30. The summed E-state index contributed by atoms with van der Waals surface area (Å²) in [7, 11) is 0. The molecule has 1 amide bonds. The molecule has 4 rings (SSSR count). The summed E-state index contributed by atoms with van der Waals surface area (Å²) in [5.74, 6) is -1.02. The molecule has 1 aliphatic heterocycles. The number of ketones is 1. The molecule has 0 aromatic heterocycles. The van der Waals surface area contributed by atoms with E-state index >= 15 is 0 Å². The highest BCUT2D eigenvalue weighted by atomic mass is 16.5. The predicted molar refractivity (Wildman–Crippen MR) is 125 cm³/mol. The number of amides is 1. The van der Waals surface area contributed by atoms with Crippen molar-refractivity contribution in [3.63, 3.8) is 0 Å². The predicted octanol–water partition coefficient (Wildman–Crippen LogP) is 5.41. The molecule has 1 heterocycles. The maximum Gasteiger partial charge on any atom is 0.300 e. The Bertz CT molecular complexity index is 1200. The van der Waals surface area contributed by atoms with Gasteiger partial charge in [0.25, 0.3) is 11.7 Å². The van der Waals surface area contributed by atoms with Crippen molar-refractivity contribution in [3.8, 4) is 5.75 Å². The first kappa shape index (κ1) is 21.4. The van der Waals surface area contributed by atoms with E-state index in [1.54, 1.807) is 24.3 Å². The summed E-state index contributed by atoms with van der Waals surface area (Å²) in [5.41, 5.74) is 2.73. The van der Waals surface area contributed by atoms with Crippen molar-refractivity contribution in [1.29, 1.82) is 0 Å². The molecule has 1 saturated heterocycles. The van der Waals surface area contributed by atoms with Gasteiger partial charge in [-0.3, -0.25) is 14.5 Å². The van der Waals surface area contributed by atoms with Crippen LogP contribution < -0.4 is 9.64 Å². The largest absolute Gasteiger partial charge is 0.507 e. The molecule has 1 aliphatic rings. The number of aliphatic hydroxyl groups is 1. The Morgan fingerprint density at radius 1 is 0.938 bits per heavy atom. The summed E-state index contributed by atoms with van der Waals surface area (Å²) in [4.78, 5) is 27.9. The average molecular weight is 428 g/mol. The second kappa shape index (κ2) is 8.71. The normalized spacial score (nSPS) is 17.8. The number of ether oxygens (including phenoxy) is 1. The molecule has 1 N–H and O–H groups in total. The molecule has 3 aromatic rings.